The summed E-state index contributed by atoms with van der Waals surface area (Å²) >= 11 is 0. The van der Waals surface area contributed by atoms with Crippen LogP contribution >= 0.6 is 0 Å². The number of aliphatic hydroxyl groups excluding tert-OH is 1. The van der Waals surface area contributed by atoms with E-state index >= 15 is 0 Å². The zero-order valence-electron chi connectivity index (χ0n) is 19.5. The minimum absolute atomic E-state index is 0.0936. The van der Waals surface area contributed by atoms with E-state index in [4.69, 9.17) is 9.47 Å². The van der Waals surface area contributed by atoms with Crippen molar-refractivity contribution in [2.45, 2.75) is 45.9 Å². The van der Waals surface area contributed by atoms with Crippen LogP contribution in [0, 0.1) is 0 Å². The van der Waals surface area contributed by atoms with Gasteiger partial charge in [0.05, 0.1) is 25.0 Å². The predicted octanol–water partition coefficient (Wildman–Crippen LogP) is 5.26. The maximum absolute atomic E-state index is 11.3. The third-order valence-corrected chi connectivity index (χ3v) is 6.14. The van der Waals surface area contributed by atoms with Crippen molar-refractivity contribution >= 4 is 5.82 Å². The van der Waals surface area contributed by atoms with E-state index in [0.29, 0.717) is 18.0 Å². The van der Waals surface area contributed by atoms with Crippen LogP contribution in [0.5, 0.6) is 17.2 Å². The fraction of sp³-hybridized carbons (Fsp3) is 0.296. The van der Waals surface area contributed by atoms with E-state index in [9.17, 15) is 10.2 Å². The maximum Gasteiger partial charge on any atom is 0.285 e. The number of aromatic hydroxyl groups is 1. The molecule has 2 aromatic carbocycles. The average Bonchev–Trinajstić information content (AvgIpc) is 2.83. The Morgan fingerprint density at radius 2 is 1.79 bits per heavy atom. The highest BCUT2D eigenvalue weighted by Crippen LogP contribution is 2.37. The van der Waals surface area contributed by atoms with Gasteiger partial charge in [-0.3, -0.25) is 0 Å². The van der Waals surface area contributed by atoms with Crippen LogP contribution in [0.2, 0.25) is 0 Å². The fourth-order valence-corrected chi connectivity index (χ4v) is 4.19. The summed E-state index contributed by atoms with van der Waals surface area (Å²) in [5.74, 6) is 2.57. The molecule has 6 heteroatoms. The van der Waals surface area contributed by atoms with Crippen molar-refractivity contribution in [1.29, 1.82) is 0 Å². The lowest BCUT2D eigenvalue weighted by molar-refractivity contribution is -0.695. The largest absolute Gasteiger partial charge is 0.507 e. The highest BCUT2D eigenvalue weighted by atomic mass is 16.5. The van der Waals surface area contributed by atoms with Crippen molar-refractivity contribution < 1.29 is 24.3 Å². The van der Waals surface area contributed by atoms with Crippen molar-refractivity contribution in [3.05, 3.63) is 89.4 Å². The number of aromatic nitrogens is 1. The van der Waals surface area contributed by atoms with Gasteiger partial charge < -0.3 is 19.7 Å². The molecule has 33 heavy (non-hydrogen) atoms. The molecule has 172 valence electrons. The molecule has 0 spiro atoms. The standard InChI is InChI=1S/C27H30N2O4/c1-5-18(2)33-23-14-13-20(16-24(23)32-4)17-29-25-12-8-9-15-28(25)26(19(3)27(29)31)21-10-6-7-11-22(21)30/h6-16,18,26H,5,17H2,1-4H3,(H-,30,31)/p+1. The summed E-state index contributed by atoms with van der Waals surface area (Å²) < 4.78 is 13.6. The van der Waals surface area contributed by atoms with Crippen LogP contribution in [0.4, 0.5) is 5.82 Å². The van der Waals surface area contributed by atoms with E-state index in [0.717, 1.165) is 28.9 Å². The molecule has 2 N–H and O–H groups in total. The third-order valence-electron chi connectivity index (χ3n) is 6.14. The zero-order valence-corrected chi connectivity index (χ0v) is 19.5. The topological polar surface area (TPSA) is 66.0 Å². The number of fused-ring (bicyclic) bond motifs is 1. The number of aliphatic hydroxyl groups is 1. The number of ether oxygens (including phenoxy) is 2. The number of anilines is 1. The molecule has 0 bridgehead atoms. The average molecular weight is 448 g/mol. The first-order valence-corrected chi connectivity index (χ1v) is 11.2. The summed E-state index contributed by atoms with van der Waals surface area (Å²) in [6.07, 6.45) is 2.97. The highest BCUT2D eigenvalue weighted by molar-refractivity contribution is 5.50. The quantitative estimate of drug-likeness (QED) is 0.484. The Morgan fingerprint density at radius 3 is 2.52 bits per heavy atom. The first-order valence-electron chi connectivity index (χ1n) is 11.2. The molecule has 0 saturated carbocycles. The summed E-state index contributed by atoms with van der Waals surface area (Å²) in [6, 6.07) is 18.7. The molecule has 0 fully saturated rings. The molecule has 3 aromatic rings. The molecule has 4 rings (SSSR count). The van der Waals surface area contributed by atoms with Crippen LogP contribution < -0.4 is 18.9 Å². The Bertz CT molecular complexity index is 1170. The molecular formula is C27H31N2O4+. The summed E-state index contributed by atoms with van der Waals surface area (Å²) in [7, 11) is 1.63. The number of phenols is 1. The van der Waals surface area contributed by atoms with Gasteiger partial charge in [0.15, 0.2) is 17.5 Å². The second-order valence-corrected chi connectivity index (χ2v) is 8.34. The number of para-hydroxylation sites is 1. The van der Waals surface area contributed by atoms with E-state index in [-0.39, 0.29) is 23.8 Å². The normalized spacial score (nSPS) is 16.4. The first kappa shape index (κ1) is 22.5. The molecule has 0 radical (unpaired) electrons. The van der Waals surface area contributed by atoms with Gasteiger partial charge in [0.1, 0.15) is 12.3 Å². The lowest BCUT2D eigenvalue weighted by Crippen LogP contribution is -2.50. The third kappa shape index (κ3) is 4.33. The molecule has 2 unspecified atom stereocenters. The lowest BCUT2D eigenvalue weighted by atomic mass is 9.96. The van der Waals surface area contributed by atoms with Gasteiger partial charge in [-0.05, 0) is 50.1 Å². The molecule has 1 aliphatic heterocycles. The number of pyridine rings is 1. The second kappa shape index (κ2) is 9.45. The number of nitrogens with zero attached hydrogens (tertiary/aromatic N) is 2. The molecule has 6 nitrogen and oxygen atoms in total. The van der Waals surface area contributed by atoms with Gasteiger partial charge in [-0.2, -0.15) is 4.90 Å². The van der Waals surface area contributed by atoms with E-state index in [1.54, 1.807) is 19.2 Å². The van der Waals surface area contributed by atoms with Crippen LogP contribution in [0.25, 0.3) is 0 Å². The number of allylic oxidation sites excluding steroid dienone is 1. The Morgan fingerprint density at radius 1 is 1.03 bits per heavy atom. The number of hydrogen-bond donors (Lipinski definition) is 2. The number of methoxy groups -OCH3 is 1. The van der Waals surface area contributed by atoms with Gasteiger partial charge in [-0.1, -0.05) is 37.3 Å². The van der Waals surface area contributed by atoms with Gasteiger partial charge in [-0.15, -0.1) is 0 Å². The van der Waals surface area contributed by atoms with Gasteiger partial charge in [-0.25, -0.2) is 4.57 Å². The maximum atomic E-state index is 11.3. The molecular weight excluding hydrogens is 416 g/mol. The molecule has 0 aliphatic carbocycles. The lowest BCUT2D eigenvalue weighted by Gasteiger charge is -2.30. The van der Waals surface area contributed by atoms with E-state index in [1.165, 1.54) is 0 Å². The van der Waals surface area contributed by atoms with Crippen molar-refractivity contribution in [3.8, 4) is 17.2 Å². The SMILES string of the molecule is CCC(C)Oc1ccc(CN2C(O)=C(C)C(c3ccccc3O)[n+]3ccccc32)cc1OC. The number of benzene rings is 2. The highest BCUT2D eigenvalue weighted by Gasteiger charge is 2.39. The Labute approximate surface area is 195 Å². The van der Waals surface area contributed by atoms with Crippen molar-refractivity contribution in [2.24, 2.45) is 0 Å². The number of phenolic OH excluding ortho intramolecular Hbond substituents is 1. The second-order valence-electron chi connectivity index (χ2n) is 8.34. The monoisotopic (exact) mass is 447 g/mol. The predicted molar refractivity (Wildman–Crippen MR) is 128 cm³/mol. The van der Waals surface area contributed by atoms with Crippen LogP contribution in [0.3, 0.4) is 0 Å². The van der Waals surface area contributed by atoms with Crippen molar-refractivity contribution in [3.63, 3.8) is 0 Å². The summed E-state index contributed by atoms with van der Waals surface area (Å²) in [6.45, 7) is 6.45. The van der Waals surface area contributed by atoms with E-state index in [1.807, 2.05) is 73.5 Å². The first-order chi connectivity index (χ1) is 15.9. The van der Waals surface area contributed by atoms with E-state index < -0.39 is 0 Å². The minimum atomic E-state index is -0.306. The van der Waals surface area contributed by atoms with Gasteiger partial charge in [0.2, 0.25) is 0 Å². The Hall–Kier alpha value is -3.67. The van der Waals surface area contributed by atoms with Crippen molar-refractivity contribution in [1.82, 2.24) is 0 Å². The van der Waals surface area contributed by atoms with Gasteiger partial charge in [0, 0.05) is 11.6 Å². The zero-order chi connectivity index (χ0) is 23.5. The van der Waals surface area contributed by atoms with Gasteiger partial charge >= 0.3 is 0 Å². The molecule has 2 heterocycles. The summed E-state index contributed by atoms with van der Waals surface area (Å²) in [4.78, 5) is 1.87. The minimum Gasteiger partial charge on any atom is -0.507 e. The van der Waals surface area contributed by atoms with Crippen LogP contribution in [0.1, 0.15) is 44.4 Å². The number of rotatable bonds is 7. The van der Waals surface area contributed by atoms with Crippen LogP contribution in [-0.4, -0.2) is 23.4 Å². The molecule has 0 saturated heterocycles. The fourth-order valence-electron chi connectivity index (χ4n) is 4.19. The molecule has 2 atom stereocenters. The molecule has 1 aromatic heterocycles. The Balaban J connectivity index is 1.72. The van der Waals surface area contributed by atoms with Crippen LogP contribution in [0.15, 0.2) is 78.3 Å². The van der Waals surface area contributed by atoms with Gasteiger partial charge in [0.25, 0.3) is 11.7 Å². The summed E-state index contributed by atoms with van der Waals surface area (Å²) in [5.41, 5.74) is 2.47. The molecule has 1 aliphatic rings. The van der Waals surface area contributed by atoms with Crippen LogP contribution in [-0.2, 0) is 6.54 Å². The Kier molecular flexibility index (Phi) is 6.45. The van der Waals surface area contributed by atoms with Crippen molar-refractivity contribution in [2.75, 3.05) is 12.0 Å². The smallest absolute Gasteiger partial charge is 0.285 e. The number of hydrogen-bond acceptors (Lipinski definition) is 5. The molecule has 0 amide bonds. The van der Waals surface area contributed by atoms with E-state index in [2.05, 4.69) is 11.5 Å². The summed E-state index contributed by atoms with van der Waals surface area (Å²) in [5, 5.41) is 21.8.